The average molecular weight is 757 g/mol. The molecular weight excluding hydrogens is 718 g/mol. The van der Waals surface area contributed by atoms with E-state index in [2.05, 4.69) is 109 Å². The van der Waals surface area contributed by atoms with E-state index in [0.717, 1.165) is 70.2 Å². The van der Waals surface area contributed by atoms with Crippen LogP contribution in [0.4, 0.5) is 34.9 Å². The van der Waals surface area contributed by atoms with E-state index in [9.17, 15) is 0 Å². The molecule has 0 amide bonds. The van der Waals surface area contributed by atoms with Gasteiger partial charge in [-0.3, -0.25) is 9.58 Å². The van der Waals surface area contributed by atoms with Crippen LogP contribution in [0.2, 0.25) is 0 Å². The Kier molecular flexibility index (Phi) is 11.1. The second-order valence-corrected chi connectivity index (χ2v) is 13.0. The van der Waals surface area contributed by atoms with Crippen LogP contribution in [0.25, 0.3) is 11.3 Å². The summed E-state index contributed by atoms with van der Waals surface area (Å²) in [6, 6.07) is 18.4. The Balaban J connectivity index is 1.01. The number of nitrogens with zero attached hydrogens (tertiary/aromatic N) is 8. The Morgan fingerprint density at radius 1 is 0.865 bits per heavy atom. The Hall–Kier alpha value is -6.04. The molecule has 2 aromatic carbocycles. The minimum absolute atomic E-state index is 0.360. The summed E-state index contributed by atoms with van der Waals surface area (Å²) in [6.07, 6.45) is 20.4. The van der Waals surface area contributed by atoms with Gasteiger partial charge < -0.3 is 26.3 Å². The van der Waals surface area contributed by atoms with Crippen LogP contribution in [0.1, 0.15) is 16.8 Å². The fourth-order valence-corrected chi connectivity index (χ4v) is 6.05. The first-order chi connectivity index (χ1) is 25.6. The van der Waals surface area contributed by atoms with Crippen molar-refractivity contribution < 1.29 is 0 Å². The minimum Gasteiger partial charge on any atom is -0.369 e. The molecule has 1 aliphatic rings. The molecule has 52 heavy (non-hydrogen) atoms. The summed E-state index contributed by atoms with van der Waals surface area (Å²) < 4.78 is 2.67. The number of H-pyrrole nitrogens is 1. The van der Waals surface area contributed by atoms with Gasteiger partial charge in [0, 0.05) is 92.1 Å². The maximum absolute atomic E-state index is 5.39. The summed E-state index contributed by atoms with van der Waals surface area (Å²) in [5, 5.41) is 18.1. The number of rotatable bonds is 16. The Labute approximate surface area is 310 Å². The largest absolute Gasteiger partial charge is 0.369 e. The number of halogens is 1. The number of imidazole rings is 1. The predicted octanol–water partition coefficient (Wildman–Crippen LogP) is 6.42. The highest BCUT2D eigenvalue weighted by Gasteiger charge is 2.12. The van der Waals surface area contributed by atoms with Crippen LogP contribution in [0.3, 0.4) is 0 Å². The van der Waals surface area contributed by atoms with Crippen LogP contribution in [-0.4, -0.2) is 70.8 Å². The second-order valence-electron chi connectivity index (χ2n) is 12.2. The first-order valence-electron chi connectivity index (χ1n) is 17.0. The van der Waals surface area contributed by atoms with Gasteiger partial charge in [-0.15, -0.1) is 6.42 Å². The lowest BCUT2D eigenvalue weighted by molar-refractivity contribution is 0.345. The molecule has 0 spiro atoms. The third-order valence-electron chi connectivity index (χ3n) is 8.38. The van der Waals surface area contributed by atoms with Gasteiger partial charge in [-0.25, -0.2) is 15.0 Å². The summed E-state index contributed by atoms with van der Waals surface area (Å²) >= 11 is 3.45. The molecule has 4 aromatic heterocycles. The number of aryl methyl sites for hydroxylation is 2. The molecule has 5 N–H and O–H groups in total. The van der Waals surface area contributed by atoms with Gasteiger partial charge >= 0.3 is 0 Å². The summed E-state index contributed by atoms with van der Waals surface area (Å²) in [4.78, 5) is 28.2. The van der Waals surface area contributed by atoms with Crippen LogP contribution < -0.4 is 21.3 Å². The zero-order chi connectivity index (χ0) is 35.5. The van der Waals surface area contributed by atoms with Crippen LogP contribution in [0.15, 0.2) is 102 Å². The molecule has 7 rings (SSSR count). The van der Waals surface area contributed by atoms with Gasteiger partial charge in [-0.05, 0) is 58.2 Å². The molecule has 1 aliphatic heterocycles. The molecule has 5 heterocycles. The van der Waals surface area contributed by atoms with E-state index < -0.39 is 0 Å². The summed E-state index contributed by atoms with van der Waals surface area (Å²) in [5.41, 5.74) is 6.93. The molecule has 0 aliphatic carbocycles. The van der Waals surface area contributed by atoms with Crippen LogP contribution >= 0.6 is 15.9 Å². The number of benzene rings is 2. The Morgan fingerprint density at radius 2 is 1.67 bits per heavy atom. The zero-order valence-electron chi connectivity index (χ0n) is 28.4. The highest BCUT2D eigenvalue weighted by molar-refractivity contribution is 9.10. The highest BCUT2D eigenvalue weighted by Crippen LogP contribution is 2.26. The van der Waals surface area contributed by atoms with Crippen molar-refractivity contribution in [3.8, 4) is 23.6 Å². The molecule has 262 valence electrons. The average Bonchev–Trinajstić information content (AvgIpc) is 3.97. The van der Waals surface area contributed by atoms with E-state index in [1.807, 2.05) is 53.6 Å². The first-order valence-corrected chi connectivity index (χ1v) is 17.8. The van der Waals surface area contributed by atoms with E-state index in [4.69, 9.17) is 16.5 Å². The number of aromatic amines is 1. The maximum Gasteiger partial charge on any atom is 0.229 e. The van der Waals surface area contributed by atoms with Crippen molar-refractivity contribution >= 4 is 50.8 Å². The smallest absolute Gasteiger partial charge is 0.229 e. The summed E-state index contributed by atoms with van der Waals surface area (Å²) in [5.74, 6) is 4.95. The standard InChI is InChI=1S/C38H38BrN13/c1-2-15-41-36-33(39)24-44-38(49-36)47-31-7-5-6-28(21-31)34-14-20-52(50-34)19-13-29-22-43-37(48-35(29)42-16-12-32-23-40-26-45-32)46-30-10-8-27(9-11-30)25-51-17-3-4-18-51/h1,3-11,14,20-24,26H,12-13,15-19,25H2,(H,40,45)(H2,41,44,47,49)(H2,42,43,46,48). The number of nitrogens with one attached hydrogen (secondary N) is 5. The van der Waals surface area contributed by atoms with E-state index in [1.165, 1.54) is 5.56 Å². The SMILES string of the molecule is C#CCNc1nc(Nc2cccc(-c3ccn(CCc4cnc(Nc5ccc(CN6CC=CC6)cc5)nc4NCCc4cnc[nH]4)n3)c2)ncc1Br. The molecule has 14 heteroatoms. The van der Waals surface area contributed by atoms with E-state index >= 15 is 0 Å². The van der Waals surface area contributed by atoms with E-state index in [-0.39, 0.29) is 0 Å². The van der Waals surface area contributed by atoms with Crippen LogP contribution in [0.5, 0.6) is 0 Å². The third kappa shape index (κ3) is 9.19. The zero-order valence-corrected chi connectivity index (χ0v) is 30.0. The molecule has 13 nitrogen and oxygen atoms in total. The molecule has 0 radical (unpaired) electrons. The van der Waals surface area contributed by atoms with Gasteiger partial charge in [-0.2, -0.15) is 15.1 Å². The van der Waals surface area contributed by atoms with Gasteiger partial charge in [0.05, 0.1) is 23.0 Å². The van der Waals surface area contributed by atoms with Crippen LogP contribution in [-0.2, 0) is 25.9 Å². The number of aromatic nitrogens is 8. The van der Waals surface area contributed by atoms with Crippen molar-refractivity contribution in [1.82, 2.24) is 44.6 Å². The molecule has 6 aromatic rings. The predicted molar refractivity (Wildman–Crippen MR) is 209 cm³/mol. The fourth-order valence-electron chi connectivity index (χ4n) is 5.72. The first kappa shape index (κ1) is 34.4. The monoisotopic (exact) mass is 755 g/mol. The van der Waals surface area contributed by atoms with Gasteiger partial charge in [-0.1, -0.05) is 42.3 Å². The Morgan fingerprint density at radius 3 is 2.48 bits per heavy atom. The number of hydrogen-bond donors (Lipinski definition) is 5. The third-order valence-corrected chi connectivity index (χ3v) is 8.96. The number of anilines is 6. The van der Waals surface area contributed by atoms with E-state index in [1.54, 1.807) is 12.5 Å². The van der Waals surface area contributed by atoms with Gasteiger partial charge in [0.2, 0.25) is 11.9 Å². The Bertz CT molecular complexity index is 2140. The molecule has 0 bridgehead atoms. The van der Waals surface area contributed by atoms with Crippen molar-refractivity contribution in [2.24, 2.45) is 0 Å². The van der Waals surface area contributed by atoms with Crippen molar-refractivity contribution in [1.29, 1.82) is 0 Å². The maximum atomic E-state index is 5.39. The van der Waals surface area contributed by atoms with E-state index in [0.29, 0.717) is 43.8 Å². The van der Waals surface area contributed by atoms with Gasteiger partial charge in [0.1, 0.15) is 11.6 Å². The highest BCUT2D eigenvalue weighted by atomic mass is 79.9. The molecule has 0 fully saturated rings. The molecule has 0 atom stereocenters. The van der Waals surface area contributed by atoms with Gasteiger partial charge in [0.25, 0.3) is 0 Å². The molecule has 0 saturated carbocycles. The molecular formula is C38H38BrN13. The molecule has 0 saturated heterocycles. The topological polar surface area (TPSA) is 149 Å². The van der Waals surface area contributed by atoms with Crippen LogP contribution in [0, 0.1) is 12.3 Å². The lowest BCUT2D eigenvalue weighted by atomic mass is 10.1. The second kappa shape index (κ2) is 16.8. The summed E-state index contributed by atoms with van der Waals surface area (Å²) in [7, 11) is 0. The van der Waals surface area contributed by atoms with Crippen molar-refractivity contribution in [3.05, 3.63) is 119 Å². The normalized spacial score (nSPS) is 12.5. The van der Waals surface area contributed by atoms with Gasteiger partial charge in [0.15, 0.2) is 0 Å². The number of terminal acetylenes is 1. The van der Waals surface area contributed by atoms with Crippen molar-refractivity contribution in [2.45, 2.75) is 25.9 Å². The van der Waals surface area contributed by atoms with Crippen molar-refractivity contribution in [2.75, 3.05) is 47.4 Å². The lowest BCUT2D eigenvalue weighted by Gasteiger charge is -2.15. The summed E-state index contributed by atoms with van der Waals surface area (Å²) in [6.45, 7) is 4.64. The molecule has 0 unspecified atom stereocenters. The quantitative estimate of drug-likeness (QED) is 0.0551. The minimum atomic E-state index is 0.360. The fraction of sp³-hybridized carbons (Fsp3) is 0.211. The lowest BCUT2D eigenvalue weighted by Crippen LogP contribution is -2.18. The number of hydrogen-bond acceptors (Lipinski definition) is 11. The van der Waals surface area contributed by atoms with Crippen molar-refractivity contribution in [3.63, 3.8) is 0 Å².